The van der Waals surface area contributed by atoms with Crippen molar-refractivity contribution < 1.29 is 18.3 Å². The van der Waals surface area contributed by atoms with Gasteiger partial charge in [0.15, 0.2) is 23.0 Å². The second-order valence-corrected chi connectivity index (χ2v) is 7.00. The summed E-state index contributed by atoms with van der Waals surface area (Å²) < 4.78 is 34.2. The zero-order valence-electron chi connectivity index (χ0n) is 15.7. The van der Waals surface area contributed by atoms with Gasteiger partial charge in [0.2, 0.25) is 0 Å². The summed E-state index contributed by atoms with van der Waals surface area (Å²) >= 11 is 0. The molecule has 4 aromatic rings. The first-order valence-corrected chi connectivity index (χ1v) is 9.42. The van der Waals surface area contributed by atoms with Crippen LogP contribution in [0.15, 0.2) is 60.9 Å². The zero-order chi connectivity index (χ0) is 20.7. The number of hydrogen-bond acceptors (Lipinski definition) is 4. The van der Waals surface area contributed by atoms with E-state index in [1.54, 1.807) is 36.7 Å². The van der Waals surface area contributed by atoms with E-state index in [0.29, 0.717) is 35.6 Å². The fraction of sp³-hybridized carbons (Fsp3) is 0.136. The summed E-state index contributed by atoms with van der Waals surface area (Å²) in [5, 5.41) is 7.25. The molecule has 1 amide bonds. The maximum absolute atomic E-state index is 13.7. The van der Waals surface area contributed by atoms with E-state index in [2.05, 4.69) is 15.4 Å². The standard InChI is InChI=1S/C22H16F2N4O2/c23-16-4-2-14(11-17(16)24)13-3-5-20-15(10-13)18(6-9-30-20)26-22(29)19-12-21-25-7-1-8-28(21)27-19/h1-5,7-8,10-12,18H,6,9H2,(H,26,29). The van der Waals surface area contributed by atoms with E-state index in [0.717, 1.165) is 17.7 Å². The number of aromatic nitrogens is 3. The highest BCUT2D eigenvalue weighted by atomic mass is 19.2. The van der Waals surface area contributed by atoms with Gasteiger partial charge in [-0.25, -0.2) is 18.3 Å². The number of benzene rings is 2. The van der Waals surface area contributed by atoms with Crippen molar-refractivity contribution in [3.8, 4) is 16.9 Å². The van der Waals surface area contributed by atoms with Crippen LogP contribution in [0.4, 0.5) is 8.78 Å². The van der Waals surface area contributed by atoms with Gasteiger partial charge >= 0.3 is 0 Å². The Balaban J connectivity index is 1.45. The van der Waals surface area contributed by atoms with Gasteiger partial charge in [0, 0.05) is 30.4 Å². The summed E-state index contributed by atoms with van der Waals surface area (Å²) in [4.78, 5) is 17.0. The van der Waals surface area contributed by atoms with Gasteiger partial charge in [0.05, 0.1) is 12.6 Å². The summed E-state index contributed by atoms with van der Waals surface area (Å²) in [6, 6.07) is 12.2. The van der Waals surface area contributed by atoms with Crippen molar-refractivity contribution in [3.05, 3.63) is 83.8 Å². The molecule has 3 heterocycles. The normalized spacial score (nSPS) is 15.5. The van der Waals surface area contributed by atoms with Crippen molar-refractivity contribution >= 4 is 11.6 Å². The first kappa shape index (κ1) is 18.2. The number of nitrogens with one attached hydrogen (secondary N) is 1. The van der Waals surface area contributed by atoms with Crippen molar-refractivity contribution in [2.45, 2.75) is 12.5 Å². The summed E-state index contributed by atoms with van der Waals surface area (Å²) in [6.07, 6.45) is 3.93. The third-order valence-corrected chi connectivity index (χ3v) is 5.08. The highest BCUT2D eigenvalue weighted by molar-refractivity contribution is 5.93. The van der Waals surface area contributed by atoms with Gasteiger partial charge in [0.25, 0.3) is 5.91 Å². The van der Waals surface area contributed by atoms with Crippen molar-refractivity contribution in [3.63, 3.8) is 0 Å². The van der Waals surface area contributed by atoms with E-state index in [-0.39, 0.29) is 17.6 Å². The van der Waals surface area contributed by atoms with Crippen LogP contribution in [0.3, 0.4) is 0 Å². The maximum atomic E-state index is 13.7. The molecule has 1 aliphatic heterocycles. The molecule has 8 heteroatoms. The van der Waals surface area contributed by atoms with E-state index in [1.807, 2.05) is 6.07 Å². The molecule has 0 bridgehead atoms. The zero-order valence-corrected chi connectivity index (χ0v) is 15.7. The van der Waals surface area contributed by atoms with Crippen LogP contribution in [0, 0.1) is 11.6 Å². The van der Waals surface area contributed by atoms with Crippen LogP contribution in [-0.2, 0) is 0 Å². The Hall–Kier alpha value is -3.81. The third-order valence-electron chi connectivity index (χ3n) is 5.08. The second-order valence-electron chi connectivity index (χ2n) is 7.00. The number of carbonyl (C=O) groups is 1. The maximum Gasteiger partial charge on any atom is 0.272 e. The number of halogens is 2. The Morgan fingerprint density at radius 1 is 1.10 bits per heavy atom. The molecular formula is C22H16F2N4O2. The molecule has 0 spiro atoms. The molecule has 0 fully saturated rings. The van der Waals surface area contributed by atoms with Crippen LogP contribution < -0.4 is 10.1 Å². The van der Waals surface area contributed by atoms with Crippen LogP contribution >= 0.6 is 0 Å². The average Bonchev–Trinajstić information content (AvgIpc) is 3.20. The molecule has 30 heavy (non-hydrogen) atoms. The largest absolute Gasteiger partial charge is 0.493 e. The molecule has 2 aromatic heterocycles. The van der Waals surface area contributed by atoms with Gasteiger partial charge in [-0.2, -0.15) is 5.10 Å². The number of carbonyl (C=O) groups excluding carboxylic acids is 1. The van der Waals surface area contributed by atoms with Gasteiger partial charge in [-0.3, -0.25) is 4.79 Å². The first-order chi connectivity index (χ1) is 14.6. The lowest BCUT2D eigenvalue weighted by molar-refractivity contribution is 0.0919. The quantitative estimate of drug-likeness (QED) is 0.560. The number of hydrogen-bond donors (Lipinski definition) is 1. The predicted octanol–water partition coefficient (Wildman–Crippen LogP) is 3.93. The molecule has 0 aliphatic carbocycles. The lowest BCUT2D eigenvalue weighted by Gasteiger charge is -2.27. The van der Waals surface area contributed by atoms with Crippen molar-refractivity contribution in [2.75, 3.05) is 6.61 Å². The van der Waals surface area contributed by atoms with Gasteiger partial charge in [-0.15, -0.1) is 0 Å². The van der Waals surface area contributed by atoms with Gasteiger partial charge < -0.3 is 10.1 Å². The fourth-order valence-electron chi connectivity index (χ4n) is 3.57. The Morgan fingerprint density at radius 3 is 2.77 bits per heavy atom. The minimum atomic E-state index is -0.910. The van der Waals surface area contributed by atoms with Crippen LogP contribution in [0.1, 0.15) is 28.5 Å². The molecule has 1 aliphatic rings. The Bertz CT molecular complexity index is 1240. The van der Waals surface area contributed by atoms with Crippen LogP contribution in [0.25, 0.3) is 16.8 Å². The Kier molecular flexibility index (Phi) is 4.39. The molecule has 0 radical (unpaired) electrons. The van der Waals surface area contributed by atoms with Gasteiger partial charge in [0.1, 0.15) is 5.75 Å². The van der Waals surface area contributed by atoms with Gasteiger partial charge in [-0.1, -0.05) is 12.1 Å². The minimum Gasteiger partial charge on any atom is -0.493 e. The van der Waals surface area contributed by atoms with Crippen LogP contribution in [0.5, 0.6) is 5.75 Å². The Morgan fingerprint density at radius 2 is 1.93 bits per heavy atom. The number of fused-ring (bicyclic) bond motifs is 2. The fourth-order valence-corrected chi connectivity index (χ4v) is 3.57. The van der Waals surface area contributed by atoms with Crippen molar-refractivity contribution in [1.82, 2.24) is 19.9 Å². The van der Waals surface area contributed by atoms with E-state index >= 15 is 0 Å². The molecule has 0 saturated heterocycles. The number of nitrogens with zero attached hydrogens (tertiary/aromatic N) is 3. The number of rotatable bonds is 3. The molecule has 150 valence electrons. The highest BCUT2D eigenvalue weighted by Crippen LogP contribution is 2.36. The summed E-state index contributed by atoms with van der Waals surface area (Å²) in [5.74, 6) is -1.48. The van der Waals surface area contributed by atoms with Crippen LogP contribution in [-0.4, -0.2) is 27.1 Å². The molecule has 0 saturated carbocycles. The van der Waals surface area contributed by atoms with Crippen molar-refractivity contribution in [2.24, 2.45) is 0 Å². The minimum absolute atomic E-state index is 0.263. The third kappa shape index (κ3) is 3.26. The Labute approximate surface area is 170 Å². The van der Waals surface area contributed by atoms with Gasteiger partial charge in [-0.05, 0) is 41.5 Å². The number of amides is 1. The SMILES string of the molecule is O=C(NC1CCOc2ccc(-c3ccc(F)c(F)c3)cc21)c1cc2ncccn2n1. The average molecular weight is 406 g/mol. The second kappa shape index (κ2) is 7.22. The highest BCUT2D eigenvalue weighted by Gasteiger charge is 2.25. The molecule has 2 aromatic carbocycles. The first-order valence-electron chi connectivity index (χ1n) is 9.42. The van der Waals surface area contributed by atoms with E-state index in [9.17, 15) is 13.6 Å². The summed E-state index contributed by atoms with van der Waals surface area (Å²) in [5.41, 5.74) is 2.86. The predicted molar refractivity (Wildman–Crippen MR) is 105 cm³/mol. The van der Waals surface area contributed by atoms with Crippen molar-refractivity contribution in [1.29, 1.82) is 0 Å². The molecule has 6 nitrogen and oxygen atoms in total. The van der Waals surface area contributed by atoms with E-state index in [1.165, 1.54) is 10.6 Å². The van der Waals surface area contributed by atoms with E-state index in [4.69, 9.17) is 4.74 Å². The topological polar surface area (TPSA) is 68.5 Å². The molecular weight excluding hydrogens is 390 g/mol. The smallest absolute Gasteiger partial charge is 0.272 e. The van der Waals surface area contributed by atoms with E-state index < -0.39 is 11.6 Å². The summed E-state index contributed by atoms with van der Waals surface area (Å²) in [7, 11) is 0. The molecule has 1 atom stereocenters. The molecule has 1 N–H and O–H groups in total. The lowest BCUT2D eigenvalue weighted by atomic mass is 9.95. The lowest BCUT2D eigenvalue weighted by Crippen LogP contribution is -2.32. The van der Waals surface area contributed by atoms with Crippen LogP contribution in [0.2, 0.25) is 0 Å². The molecule has 1 unspecified atom stereocenters. The summed E-state index contributed by atoms with van der Waals surface area (Å²) in [6.45, 7) is 0.454. The molecule has 5 rings (SSSR count). The monoisotopic (exact) mass is 406 g/mol. The number of ether oxygens (including phenoxy) is 1.